The van der Waals surface area contributed by atoms with Gasteiger partial charge in [-0.25, -0.2) is 4.98 Å². The summed E-state index contributed by atoms with van der Waals surface area (Å²) in [4.78, 5) is 22.4. The molecule has 6 heteroatoms. The van der Waals surface area contributed by atoms with E-state index in [1.165, 1.54) is 0 Å². The number of hydrogen-bond acceptors (Lipinski definition) is 5. The second kappa shape index (κ2) is 7.40. The zero-order chi connectivity index (χ0) is 16.9. The number of amides is 1. The van der Waals surface area contributed by atoms with Crippen molar-refractivity contribution < 1.29 is 9.53 Å². The van der Waals surface area contributed by atoms with E-state index >= 15 is 0 Å². The number of benzene rings is 1. The van der Waals surface area contributed by atoms with Crippen LogP contribution in [0.1, 0.15) is 30.3 Å². The van der Waals surface area contributed by atoms with E-state index in [4.69, 9.17) is 10.5 Å². The fourth-order valence-electron chi connectivity index (χ4n) is 3.04. The van der Waals surface area contributed by atoms with Crippen LogP contribution in [-0.2, 0) is 4.79 Å². The van der Waals surface area contributed by atoms with Crippen molar-refractivity contribution in [3.05, 3.63) is 47.9 Å². The lowest BCUT2D eigenvalue weighted by molar-refractivity contribution is -0.119. The van der Waals surface area contributed by atoms with Crippen LogP contribution in [0, 0.1) is 6.92 Å². The SMILES string of the molecule is Cc1cc(Oc2ccccc2)nc([C@@H]2CCCN(CC(N)=O)C2)n1. The first-order chi connectivity index (χ1) is 11.6. The highest BCUT2D eigenvalue weighted by Gasteiger charge is 2.25. The lowest BCUT2D eigenvalue weighted by Crippen LogP contribution is -2.40. The fourth-order valence-corrected chi connectivity index (χ4v) is 3.04. The summed E-state index contributed by atoms with van der Waals surface area (Å²) in [6.45, 7) is 3.86. The van der Waals surface area contributed by atoms with E-state index in [-0.39, 0.29) is 18.4 Å². The maximum absolute atomic E-state index is 11.2. The van der Waals surface area contributed by atoms with Crippen molar-refractivity contribution in [1.29, 1.82) is 0 Å². The largest absolute Gasteiger partial charge is 0.439 e. The fraction of sp³-hybridized carbons (Fsp3) is 0.389. The van der Waals surface area contributed by atoms with Gasteiger partial charge in [0.25, 0.3) is 0 Å². The first-order valence-corrected chi connectivity index (χ1v) is 8.19. The normalized spacial score (nSPS) is 18.3. The van der Waals surface area contributed by atoms with Gasteiger partial charge in [0.2, 0.25) is 11.8 Å². The molecule has 1 aromatic carbocycles. The number of carbonyl (C=O) groups excluding carboxylic acids is 1. The molecule has 0 spiro atoms. The number of hydrogen-bond donors (Lipinski definition) is 1. The molecule has 0 unspecified atom stereocenters. The monoisotopic (exact) mass is 326 g/mol. The molecule has 0 aliphatic carbocycles. The minimum Gasteiger partial charge on any atom is -0.439 e. The van der Waals surface area contributed by atoms with E-state index in [0.717, 1.165) is 43.2 Å². The van der Waals surface area contributed by atoms with Crippen LogP contribution in [0.4, 0.5) is 0 Å². The van der Waals surface area contributed by atoms with Crippen LogP contribution in [0.15, 0.2) is 36.4 Å². The Morgan fingerprint density at radius 1 is 1.33 bits per heavy atom. The number of carbonyl (C=O) groups is 1. The minimum absolute atomic E-state index is 0.191. The third-order valence-electron chi connectivity index (χ3n) is 4.06. The van der Waals surface area contributed by atoms with Crippen molar-refractivity contribution in [2.75, 3.05) is 19.6 Å². The topological polar surface area (TPSA) is 81.3 Å². The summed E-state index contributed by atoms with van der Waals surface area (Å²) in [5.74, 6) is 1.97. The molecular formula is C18H22N4O2. The Hall–Kier alpha value is -2.47. The average Bonchev–Trinajstić information content (AvgIpc) is 2.55. The summed E-state index contributed by atoms with van der Waals surface area (Å²) in [5, 5.41) is 0. The number of ether oxygens (including phenoxy) is 1. The molecule has 2 N–H and O–H groups in total. The number of nitrogens with two attached hydrogens (primary N) is 1. The highest BCUT2D eigenvalue weighted by Crippen LogP contribution is 2.27. The predicted octanol–water partition coefficient (Wildman–Crippen LogP) is 2.24. The first kappa shape index (κ1) is 16.4. The number of aromatic nitrogens is 2. The van der Waals surface area contributed by atoms with Crippen LogP contribution in [0.2, 0.25) is 0 Å². The Balaban J connectivity index is 1.76. The number of likely N-dealkylation sites (tertiary alicyclic amines) is 1. The van der Waals surface area contributed by atoms with Crippen molar-refractivity contribution in [2.24, 2.45) is 5.73 Å². The summed E-state index contributed by atoms with van der Waals surface area (Å²) < 4.78 is 5.84. The summed E-state index contributed by atoms with van der Waals surface area (Å²) in [7, 11) is 0. The molecule has 2 heterocycles. The van der Waals surface area contributed by atoms with Crippen molar-refractivity contribution >= 4 is 5.91 Å². The van der Waals surface area contributed by atoms with Gasteiger partial charge in [0.05, 0.1) is 6.54 Å². The van der Waals surface area contributed by atoms with Crippen LogP contribution in [0.3, 0.4) is 0 Å². The number of primary amides is 1. The van der Waals surface area contributed by atoms with Crippen LogP contribution in [0.25, 0.3) is 0 Å². The van der Waals surface area contributed by atoms with Crippen molar-refractivity contribution in [3.63, 3.8) is 0 Å². The smallest absolute Gasteiger partial charge is 0.231 e. The Morgan fingerprint density at radius 3 is 2.88 bits per heavy atom. The van der Waals surface area contributed by atoms with Gasteiger partial charge in [0.15, 0.2) is 0 Å². The standard InChI is InChI=1S/C18H22N4O2/c1-13-10-17(24-15-7-3-2-4-8-15)21-18(20-13)14-6-5-9-22(11-14)12-16(19)23/h2-4,7-8,10,14H,5-6,9,11-12H2,1H3,(H2,19,23)/t14-/m1/s1. The van der Waals surface area contributed by atoms with E-state index in [0.29, 0.717) is 5.88 Å². The maximum atomic E-state index is 11.2. The molecule has 1 aliphatic rings. The highest BCUT2D eigenvalue weighted by atomic mass is 16.5. The highest BCUT2D eigenvalue weighted by molar-refractivity contribution is 5.75. The van der Waals surface area contributed by atoms with Gasteiger partial charge in [0, 0.05) is 24.2 Å². The Kier molecular flexibility index (Phi) is 5.05. The van der Waals surface area contributed by atoms with Crippen molar-refractivity contribution in [1.82, 2.24) is 14.9 Å². The van der Waals surface area contributed by atoms with Gasteiger partial charge < -0.3 is 10.5 Å². The number of nitrogens with zero attached hydrogens (tertiary/aromatic N) is 3. The zero-order valence-corrected chi connectivity index (χ0v) is 13.8. The predicted molar refractivity (Wildman–Crippen MR) is 90.9 cm³/mol. The van der Waals surface area contributed by atoms with E-state index in [9.17, 15) is 4.79 Å². The number of aryl methyl sites for hydroxylation is 1. The molecule has 126 valence electrons. The summed E-state index contributed by atoms with van der Waals surface area (Å²) >= 11 is 0. The second-order valence-electron chi connectivity index (χ2n) is 6.16. The molecule has 0 bridgehead atoms. The van der Waals surface area contributed by atoms with Gasteiger partial charge in [-0.3, -0.25) is 9.69 Å². The molecule has 0 saturated carbocycles. The van der Waals surface area contributed by atoms with Gasteiger partial charge in [0.1, 0.15) is 11.6 Å². The summed E-state index contributed by atoms with van der Waals surface area (Å²) in [6, 6.07) is 11.4. The Morgan fingerprint density at radius 2 is 2.12 bits per heavy atom. The molecule has 1 saturated heterocycles. The van der Waals surface area contributed by atoms with Crippen molar-refractivity contribution in [3.8, 4) is 11.6 Å². The van der Waals surface area contributed by atoms with E-state index < -0.39 is 0 Å². The third-order valence-corrected chi connectivity index (χ3v) is 4.06. The average molecular weight is 326 g/mol. The molecule has 0 radical (unpaired) electrons. The third kappa shape index (κ3) is 4.29. The molecule has 6 nitrogen and oxygen atoms in total. The van der Waals surface area contributed by atoms with E-state index in [1.54, 1.807) is 0 Å². The summed E-state index contributed by atoms with van der Waals surface area (Å²) in [6.07, 6.45) is 2.01. The Bertz CT molecular complexity index is 705. The number of para-hydroxylation sites is 1. The zero-order valence-electron chi connectivity index (χ0n) is 13.8. The maximum Gasteiger partial charge on any atom is 0.231 e. The molecule has 1 amide bonds. The second-order valence-corrected chi connectivity index (χ2v) is 6.16. The quantitative estimate of drug-likeness (QED) is 0.911. The molecular weight excluding hydrogens is 304 g/mol. The molecule has 1 fully saturated rings. The van der Waals surface area contributed by atoms with Gasteiger partial charge in [-0.2, -0.15) is 4.98 Å². The van der Waals surface area contributed by atoms with Crippen LogP contribution < -0.4 is 10.5 Å². The van der Waals surface area contributed by atoms with Gasteiger partial charge in [-0.05, 0) is 38.4 Å². The molecule has 3 rings (SSSR count). The Labute approximate surface area is 141 Å². The van der Waals surface area contributed by atoms with Crippen LogP contribution in [-0.4, -0.2) is 40.4 Å². The lowest BCUT2D eigenvalue weighted by Gasteiger charge is -2.31. The summed E-state index contributed by atoms with van der Waals surface area (Å²) in [5.41, 5.74) is 6.18. The lowest BCUT2D eigenvalue weighted by atomic mass is 9.97. The van der Waals surface area contributed by atoms with Crippen LogP contribution >= 0.6 is 0 Å². The molecule has 1 aliphatic heterocycles. The number of piperidine rings is 1. The van der Waals surface area contributed by atoms with E-state index in [2.05, 4.69) is 14.9 Å². The van der Waals surface area contributed by atoms with Gasteiger partial charge in [-0.1, -0.05) is 18.2 Å². The molecule has 1 aromatic heterocycles. The van der Waals surface area contributed by atoms with Gasteiger partial charge in [-0.15, -0.1) is 0 Å². The van der Waals surface area contributed by atoms with Gasteiger partial charge >= 0.3 is 0 Å². The molecule has 2 aromatic rings. The molecule has 24 heavy (non-hydrogen) atoms. The first-order valence-electron chi connectivity index (χ1n) is 8.19. The van der Waals surface area contributed by atoms with Crippen LogP contribution in [0.5, 0.6) is 11.6 Å². The van der Waals surface area contributed by atoms with E-state index in [1.807, 2.05) is 43.3 Å². The van der Waals surface area contributed by atoms with Crippen molar-refractivity contribution in [2.45, 2.75) is 25.7 Å². The number of rotatable bonds is 5. The molecule has 1 atom stereocenters. The minimum atomic E-state index is -0.297.